The van der Waals surface area contributed by atoms with Gasteiger partial charge in [0.25, 0.3) is 0 Å². The molecule has 3 rings (SSSR count). The van der Waals surface area contributed by atoms with Crippen LogP contribution in [-0.4, -0.2) is 70.5 Å². The third-order valence-corrected chi connectivity index (χ3v) is 6.77. The van der Waals surface area contributed by atoms with Crippen LogP contribution in [0.4, 0.5) is 18.9 Å². The van der Waals surface area contributed by atoms with E-state index in [-0.39, 0.29) is 45.2 Å². The molecule has 0 bridgehead atoms. The monoisotopic (exact) mass is 516 g/mol. The number of aliphatic hydroxyl groups excluding tert-OH is 2. The van der Waals surface area contributed by atoms with Crippen LogP contribution in [0.15, 0.2) is 52.4 Å². The lowest BCUT2D eigenvalue weighted by molar-refractivity contribution is -0.274. The molecule has 1 aromatic heterocycles. The summed E-state index contributed by atoms with van der Waals surface area (Å²) in [6.45, 7) is -1.06. The normalized spacial score (nSPS) is 12.0. The van der Waals surface area contributed by atoms with Crippen LogP contribution in [-0.2, 0) is 9.84 Å². The number of sulfone groups is 1. The number of ether oxygens (including phenoxy) is 3. The molecule has 0 saturated carbocycles. The molecule has 0 saturated heterocycles. The minimum absolute atomic E-state index is 0.0233. The third-order valence-electron chi connectivity index (χ3n) is 5.02. The molecular weight excluding hydrogens is 493 g/mol. The van der Waals surface area contributed by atoms with Crippen molar-refractivity contribution in [2.45, 2.75) is 16.2 Å². The van der Waals surface area contributed by atoms with E-state index in [4.69, 9.17) is 9.47 Å². The Bertz CT molecular complexity index is 1290. The average molecular weight is 516 g/mol. The van der Waals surface area contributed by atoms with Gasteiger partial charge in [0.05, 0.1) is 43.5 Å². The predicted octanol–water partition coefficient (Wildman–Crippen LogP) is 2.77. The topological polar surface area (TPSA) is 118 Å². The minimum Gasteiger partial charge on any atom is -0.493 e. The number of hydrogen-bond donors (Lipinski definition) is 2. The summed E-state index contributed by atoms with van der Waals surface area (Å²) in [5.74, 6) is -0.145. The van der Waals surface area contributed by atoms with Gasteiger partial charge in [-0.3, -0.25) is 4.98 Å². The lowest BCUT2D eigenvalue weighted by atomic mass is 10.1. The van der Waals surface area contributed by atoms with E-state index in [1.54, 1.807) is 0 Å². The maximum atomic E-state index is 13.7. The summed E-state index contributed by atoms with van der Waals surface area (Å²) in [6.07, 6.45) is -3.89. The first kappa shape index (κ1) is 26.3. The summed E-state index contributed by atoms with van der Waals surface area (Å²) in [5, 5.41) is 19.1. The van der Waals surface area contributed by atoms with Crippen LogP contribution in [0.5, 0.6) is 17.2 Å². The van der Waals surface area contributed by atoms with Crippen molar-refractivity contribution in [3.8, 4) is 17.2 Å². The van der Waals surface area contributed by atoms with Crippen LogP contribution >= 0.6 is 0 Å². The summed E-state index contributed by atoms with van der Waals surface area (Å²) in [4.78, 5) is 4.95. The number of benzene rings is 2. The van der Waals surface area contributed by atoms with Gasteiger partial charge in [0.1, 0.15) is 10.6 Å². The molecule has 13 heteroatoms. The van der Waals surface area contributed by atoms with Crippen molar-refractivity contribution in [3.05, 3.63) is 42.6 Å². The molecule has 1 heterocycles. The Balaban J connectivity index is 2.32. The maximum absolute atomic E-state index is 13.7. The molecule has 2 aromatic carbocycles. The molecule has 0 spiro atoms. The van der Waals surface area contributed by atoms with E-state index < -0.39 is 35.2 Å². The van der Waals surface area contributed by atoms with Gasteiger partial charge in [-0.05, 0) is 30.3 Å². The minimum atomic E-state index is -4.97. The number of rotatable bonds is 10. The van der Waals surface area contributed by atoms with E-state index in [1.165, 1.54) is 43.4 Å². The van der Waals surface area contributed by atoms with E-state index >= 15 is 0 Å². The number of pyridine rings is 1. The van der Waals surface area contributed by atoms with Gasteiger partial charge < -0.3 is 29.3 Å². The Hall–Kier alpha value is -3.29. The smallest absolute Gasteiger partial charge is 0.493 e. The van der Waals surface area contributed by atoms with Crippen molar-refractivity contribution in [1.29, 1.82) is 0 Å². The number of aromatic nitrogens is 1. The van der Waals surface area contributed by atoms with E-state index in [0.717, 1.165) is 18.3 Å². The predicted molar refractivity (Wildman–Crippen MR) is 120 cm³/mol. The molecule has 0 amide bonds. The lowest BCUT2D eigenvalue weighted by Gasteiger charge is -2.27. The first-order valence-electron chi connectivity index (χ1n) is 10.2. The summed E-state index contributed by atoms with van der Waals surface area (Å²) in [6, 6.07) is 7.25. The highest BCUT2D eigenvalue weighted by Crippen LogP contribution is 2.39. The fourth-order valence-electron chi connectivity index (χ4n) is 3.55. The number of nitrogens with zero attached hydrogens (tertiary/aromatic N) is 2. The van der Waals surface area contributed by atoms with E-state index in [1.807, 2.05) is 0 Å². The molecule has 0 aliphatic rings. The molecule has 3 aromatic rings. The van der Waals surface area contributed by atoms with Crippen LogP contribution < -0.4 is 19.1 Å². The molecule has 0 aliphatic carbocycles. The Kier molecular flexibility index (Phi) is 7.93. The highest BCUT2D eigenvalue weighted by atomic mass is 32.2. The van der Waals surface area contributed by atoms with Gasteiger partial charge in [-0.25, -0.2) is 8.42 Å². The van der Waals surface area contributed by atoms with E-state index in [9.17, 15) is 31.8 Å². The van der Waals surface area contributed by atoms with Gasteiger partial charge in [-0.2, -0.15) is 0 Å². The largest absolute Gasteiger partial charge is 0.573 e. The van der Waals surface area contributed by atoms with Gasteiger partial charge in [-0.1, -0.05) is 0 Å². The number of halogens is 3. The van der Waals surface area contributed by atoms with E-state index in [2.05, 4.69) is 9.72 Å². The van der Waals surface area contributed by atoms with Crippen LogP contribution in [0, 0.1) is 0 Å². The van der Waals surface area contributed by atoms with Crippen molar-refractivity contribution >= 4 is 26.4 Å². The molecule has 0 atom stereocenters. The fourth-order valence-corrected chi connectivity index (χ4v) is 5.00. The molecule has 9 nitrogen and oxygen atoms in total. The Morgan fingerprint density at radius 2 is 1.63 bits per heavy atom. The van der Waals surface area contributed by atoms with Crippen LogP contribution in [0.1, 0.15) is 0 Å². The second-order valence-electron chi connectivity index (χ2n) is 7.15. The standard InChI is InChI=1S/C22H23F3N2O7S/c1-32-18-6-4-15(12-19(18)33-2)35(30,31)20-13-26-17-5-3-14(34-22(23,24)25)11-16(17)21(20)27(7-9-28)8-10-29/h3-6,11-13,28-29H,7-10H2,1-2H3. The molecular formula is C22H23F3N2O7S. The zero-order valence-corrected chi connectivity index (χ0v) is 19.6. The maximum Gasteiger partial charge on any atom is 0.573 e. The number of hydrogen-bond acceptors (Lipinski definition) is 9. The summed E-state index contributed by atoms with van der Waals surface area (Å²) < 4.78 is 80.2. The lowest BCUT2D eigenvalue weighted by Crippen LogP contribution is -2.31. The summed E-state index contributed by atoms with van der Waals surface area (Å²) in [7, 11) is -1.59. The SMILES string of the molecule is COc1ccc(S(=O)(=O)c2cnc3ccc(OC(F)(F)F)cc3c2N(CCO)CCO)cc1OC. The Morgan fingerprint density at radius 3 is 2.20 bits per heavy atom. The summed E-state index contributed by atoms with van der Waals surface area (Å²) in [5.41, 5.74) is 0.141. The van der Waals surface area contributed by atoms with Crippen molar-refractivity contribution < 1.29 is 46.0 Å². The number of methoxy groups -OCH3 is 2. The first-order chi connectivity index (χ1) is 16.5. The van der Waals surface area contributed by atoms with Gasteiger partial charge >= 0.3 is 6.36 Å². The zero-order valence-electron chi connectivity index (χ0n) is 18.7. The van der Waals surface area contributed by atoms with Crippen LogP contribution in [0.3, 0.4) is 0 Å². The zero-order chi connectivity index (χ0) is 25.8. The van der Waals surface area contributed by atoms with E-state index in [0.29, 0.717) is 5.75 Å². The van der Waals surface area contributed by atoms with Crippen molar-refractivity contribution in [3.63, 3.8) is 0 Å². The van der Waals surface area contributed by atoms with Crippen LogP contribution in [0.2, 0.25) is 0 Å². The third kappa shape index (κ3) is 5.69. The molecule has 0 fully saturated rings. The molecule has 0 aliphatic heterocycles. The van der Waals surface area contributed by atoms with Gasteiger partial charge in [0.15, 0.2) is 11.5 Å². The molecule has 190 valence electrons. The molecule has 35 heavy (non-hydrogen) atoms. The quantitative estimate of drug-likeness (QED) is 0.419. The average Bonchev–Trinajstić information content (AvgIpc) is 2.81. The highest BCUT2D eigenvalue weighted by molar-refractivity contribution is 7.91. The Morgan fingerprint density at radius 1 is 0.971 bits per heavy atom. The number of fused-ring (bicyclic) bond motifs is 1. The molecule has 2 N–H and O–H groups in total. The van der Waals surface area contributed by atoms with Crippen LogP contribution in [0.25, 0.3) is 10.9 Å². The van der Waals surface area contributed by atoms with Crippen molar-refractivity contribution in [1.82, 2.24) is 4.98 Å². The first-order valence-corrected chi connectivity index (χ1v) is 11.7. The second kappa shape index (κ2) is 10.5. The highest BCUT2D eigenvalue weighted by Gasteiger charge is 2.32. The summed E-state index contributed by atoms with van der Waals surface area (Å²) >= 11 is 0. The van der Waals surface area contributed by atoms with Gasteiger partial charge in [0, 0.05) is 30.7 Å². The number of anilines is 1. The van der Waals surface area contributed by atoms with Crippen molar-refractivity contribution in [2.75, 3.05) is 45.4 Å². The molecule has 0 unspecified atom stereocenters. The van der Waals surface area contributed by atoms with Crippen molar-refractivity contribution in [2.24, 2.45) is 0 Å². The van der Waals surface area contributed by atoms with Gasteiger partial charge in [-0.15, -0.1) is 13.2 Å². The Labute approximate surface area is 199 Å². The second-order valence-corrected chi connectivity index (χ2v) is 9.07. The van der Waals surface area contributed by atoms with Gasteiger partial charge in [0.2, 0.25) is 9.84 Å². The molecule has 0 radical (unpaired) electrons. The number of aliphatic hydroxyl groups is 2. The fraction of sp³-hybridized carbons (Fsp3) is 0.318. The number of alkyl halides is 3.